The molecule has 2 aromatic carbocycles. The molecule has 0 fully saturated rings. The average Bonchev–Trinajstić information content (AvgIpc) is 2.60. The normalized spacial score (nSPS) is 13.5. The van der Waals surface area contributed by atoms with Crippen molar-refractivity contribution in [1.82, 2.24) is 0 Å². The molecule has 1 heterocycles. The highest BCUT2D eigenvalue weighted by Crippen LogP contribution is 2.31. The predicted molar refractivity (Wildman–Crippen MR) is 104 cm³/mol. The molecule has 0 aliphatic carbocycles. The lowest BCUT2D eigenvalue weighted by molar-refractivity contribution is -0.121. The maximum absolute atomic E-state index is 12.5. The molecule has 130 valence electrons. The summed E-state index contributed by atoms with van der Waals surface area (Å²) >= 11 is 3.40. The van der Waals surface area contributed by atoms with E-state index in [-0.39, 0.29) is 17.7 Å². The number of rotatable bonds is 3. The second-order valence-electron chi connectivity index (χ2n) is 6.53. The van der Waals surface area contributed by atoms with Crippen molar-refractivity contribution in [3.05, 3.63) is 58.1 Å². The average molecular weight is 401 g/mol. The van der Waals surface area contributed by atoms with Crippen molar-refractivity contribution in [3.8, 4) is 0 Å². The smallest absolute Gasteiger partial charge is 0.256 e. The van der Waals surface area contributed by atoms with E-state index in [0.29, 0.717) is 11.3 Å². The fourth-order valence-corrected chi connectivity index (χ4v) is 3.50. The number of carbonyl (C=O) groups is 2. The van der Waals surface area contributed by atoms with Crippen LogP contribution in [0.5, 0.6) is 0 Å². The molecule has 0 atom stereocenters. The van der Waals surface area contributed by atoms with Crippen molar-refractivity contribution in [2.45, 2.75) is 26.7 Å². The number of anilines is 2. The third-order valence-electron chi connectivity index (χ3n) is 4.34. The molecule has 0 saturated carbocycles. The predicted octanol–water partition coefficient (Wildman–Crippen LogP) is 4.64. The van der Waals surface area contributed by atoms with E-state index in [1.54, 1.807) is 6.07 Å². The van der Waals surface area contributed by atoms with Crippen LogP contribution < -0.4 is 10.2 Å². The van der Waals surface area contributed by atoms with Gasteiger partial charge in [0.05, 0.1) is 5.56 Å². The summed E-state index contributed by atoms with van der Waals surface area (Å²) in [5.74, 6) is -0.107. The van der Waals surface area contributed by atoms with Crippen molar-refractivity contribution in [2.24, 2.45) is 5.92 Å². The van der Waals surface area contributed by atoms with Crippen molar-refractivity contribution >= 4 is 39.1 Å². The van der Waals surface area contributed by atoms with Crippen LogP contribution in [0.15, 0.2) is 46.9 Å². The Morgan fingerprint density at radius 2 is 1.92 bits per heavy atom. The maximum Gasteiger partial charge on any atom is 0.256 e. The first-order valence-corrected chi connectivity index (χ1v) is 9.27. The lowest BCUT2D eigenvalue weighted by Gasteiger charge is -2.31. The number of amides is 2. The number of halogens is 1. The summed E-state index contributed by atoms with van der Waals surface area (Å²) < 4.78 is 0.752. The van der Waals surface area contributed by atoms with Gasteiger partial charge in [-0.15, -0.1) is 0 Å². The van der Waals surface area contributed by atoms with E-state index < -0.39 is 0 Å². The van der Waals surface area contributed by atoms with Gasteiger partial charge in [-0.25, -0.2) is 0 Å². The van der Waals surface area contributed by atoms with Gasteiger partial charge in [0.25, 0.3) is 5.91 Å². The van der Waals surface area contributed by atoms with E-state index >= 15 is 0 Å². The third kappa shape index (κ3) is 3.76. The van der Waals surface area contributed by atoms with Crippen LogP contribution in [-0.2, 0) is 11.2 Å². The molecule has 0 unspecified atom stereocenters. The second-order valence-corrected chi connectivity index (χ2v) is 7.38. The van der Waals surface area contributed by atoms with Crippen LogP contribution in [0, 0.1) is 5.92 Å². The van der Waals surface area contributed by atoms with Gasteiger partial charge in [-0.05, 0) is 58.6 Å². The molecule has 0 spiro atoms. The van der Waals surface area contributed by atoms with Crippen LogP contribution in [-0.4, -0.2) is 18.4 Å². The van der Waals surface area contributed by atoms with Gasteiger partial charge in [-0.1, -0.05) is 32.0 Å². The van der Waals surface area contributed by atoms with Gasteiger partial charge in [0.1, 0.15) is 0 Å². The molecule has 1 N–H and O–H groups in total. The molecule has 2 amide bonds. The van der Waals surface area contributed by atoms with E-state index in [1.165, 1.54) is 0 Å². The summed E-state index contributed by atoms with van der Waals surface area (Å²) in [5, 5.41) is 2.93. The van der Waals surface area contributed by atoms with Gasteiger partial charge in [-0.3, -0.25) is 9.59 Å². The Kier molecular flexibility index (Phi) is 5.23. The van der Waals surface area contributed by atoms with Crippen LogP contribution in [0.3, 0.4) is 0 Å². The molecule has 25 heavy (non-hydrogen) atoms. The number of benzene rings is 2. The number of carbonyl (C=O) groups excluding carboxylic acids is 2. The van der Waals surface area contributed by atoms with Crippen molar-refractivity contribution in [2.75, 3.05) is 16.8 Å². The molecular weight excluding hydrogens is 380 g/mol. The Balaban J connectivity index is 1.87. The van der Waals surface area contributed by atoms with Gasteiger partial charge >= 0.3 is 0 Å². The monoisotopic (exact) mass is 400 g/mol. The number of aryl methyl sites for hydroxylation is 1. The standard InChI is InChI=1S/C20H21BrN2O2/c1-13(2)20(25)23-11-5-6-14-9-10-15(12-18(14)23)22-19(24)16-7-3-4-8-17(16)21/h3-4,7-10,12-13H,5-6,11H2,1-2H3,(H,22,24). The van der Waals surface area contributed by atoms with Crippen LogP contribution >= 0.6 is 15.9 Å². The van der Waals surface area contributed by atoms with Crippen LogP contribution in [0.25, 0.3) is 0 Å². The number of nitrogens with one attached hydrogen (secondary N) is 1. The zero-order valence-electron chi connectivity index (χ0n) is 14.4. The summed E-state index contributed by atoms with van der Waals surface area (Å²) in [6.07, 6.45) is 1.92. The zero-order valence-corrected chi connectivity index (χ0v) is 16.0. The van der Waals surface area contributed by atoms with Gasteiger partial charge in [-0.2, -0.15) is 0 Å². The van der Waals surface area contributed by atoms with Gasteiger partial charge in [0.15, 0.2) is 0 Å². The highest BCUT2D eigenvalue weighted by Gasteiger charge is 2.24. The molecule has 0 saturated heterocycles. The fraction of sp³-hybridized carbons (Fsp3) is 0.300. The first-order chi connectivity index (χ1) is 12.0. The minimum Gasteiger partial charge on any atom is -0.322 e. The second kappa shape index (κ2) is 7.40. The SMILES string of the molecule is CC(C)C(=O)N1CCCc2ccc(NC(=O)c3ccccc3Br)cc21. The maximum atomic E-state index is 12.5. The summed E-state index contributed by atoms with van der Waals surface area (Å²) in [7, 11) is 0. The molecule has 3 rings (SSSR count). The molecule has 1 aliphatic heterocycles. The Morgan fingerprint density at radius 3 is 2.64 bits per heavy atom. The summed E-state index contributed by atoms with van der Waals surface area (Å²) in [6.45, 7) is 4.55. The number of hydrogen-bond acceptors (Lipinski definition) is 2. The minimum atomic E-state index is -0.176. The Hall–Kier alpha value is -2.14. The zero-order chi connectivity index (χ0) is 18.0. The van der Waals surface area contributed by atoms with Crippen molar-refractivity contribution < 1.29 is 9.59 Å². The van der Waals surface area contributed by atoms with E-state index in [2.05, 4.69) is 21.2 Å². The summed E-state index contributed by atoms with van der Waals surface area (Å²) in [6, 6.07) is 13.1. The molecular formula is C20H21BrN2O2. The van der Waals surface area contributed by atoms with E-state index in [9.17, 15) is 9.59 Å². The van der Waals surface area contributed by atoms with Crippen LogP contribution in [0.1, 0.15) is 36.2 Å². The Morgan fingerprint density at radius 1 is 1.16 bits per heavy atom. The highest BCUT2D eigenvalue weighted by atomic mass is 79.9. The lowest BCUT2D eigenvalue weighted by Crippen LogP contribution is -2.38. The van der Waals surface area contributed by atoms with Crippen LogP contribution in [0.2, 0.25) is 0 Å². The molecule has 1 aliphatic rings. The molecule has 5 heteroatoms. The molecule has 0 aromatic heterocycles. The topological polar surface area (TPSA) is 49.4 Å². The summed E-state index contributed by atoms with van der Waals surface area (Å²) in [4.78, 5) is 26.8. The number of hydrogen-bond donors (Lipinski definition) is 1. The van der Waals surface area contributed by atoms with E-state index in [0.717, 1.165) is 35.1 Å². The van der Waals surface area contributed by atoms with Gasteiger partial charge in [0, 0.05) is 28.3 Å². The highest BCUT2D eigenvalue weighted by molar-refractivity contribution is 9.10. The van der Waals surface area contributed by atoms with Gasteiger partial charge in [0.2, 0.25) is 5.91 Å². The Labute approximate surface area is 156 Å². The van der Waals surface area contributed by atoms with Crippen molar-refractivity contribution in [3.63, 3.8) is 0 Å². The summed E-state index contributed by atoms with van der Waals surface area (Å²) in [5.41, 5.74) is 3.34. The minimum absolute atomic E-state index is 0.0514. The fourth-order valence-electron chi connectivity index (χ4n) is 3.04. The first kappa shape index (κ1) is 17.7. The van der Waals surface area contributed by atoms with Crippen LogP contribution in [0.4, 0.5) is 11.4 Å². The molecule has 4 nitrogen and oxygen atoms in total. The first-order valence-electron chi connectivity index (χ1n) is 8.47. The quantitative estimate of drug-likeness (QED) is 0.815. The Bertz CT molecular complexity index is 817. The lowest BCUT2D eigenvalue weighted by atomic mass is 9.99. The van der Waals surface area contributed by atoms with E-state index in [1.807, 2.05) is 55.1 Å². The number of nitrogens with zero attached hydrogens (tertiary/aromatic N) is 1. The number of fused-ring (bicyclic) bond motifs is 1. The van der Waals surface area contributed by atoms with E-state index in [4.69, 9.17) is 0 Å². The molecule has 2 aromatic rings. The third-order valence-corrected chi connectivity index (χ3v) is 5.03. The molecule has 0 bridgehead atoms. The largest absolute Gasteiger partial charge is 0.322 e. The van der Waals surface area contributed by atoms with Gasteiger partial charge < -0.3 is 10.2 Å². The van der Waals surface area contributed by atoms with Crippen molar-refractivity contribution in [1.29, 1.82) is 0 Å². The molecule has 0 radical (unpaired) electrons.